The van der Waals surface area contributed by atoms with Gasteiger partial charge in [-0.1, -0.05) is 0 Å². The topological polar surface area (TPSA) is 41.0 Å². The molecule has 0 bridgehead atoms. The van der Waals surface area contributed by atoms with Crippen molar-refractivity contribution in [2.45, 2.75) is 13.5 Å². The van der Waals surface area contributed by atoms with E-state index in [0.29, 0.717) is 0 Å². The Morgan fingerprint density at radius 1 is 1.36 bits per heavy atom. The molecule has 0 atom stereocenters. The molecular formula is C10H18N4. The maximum atomic E-state index is 4.30. The zero-order valence-electron chi connectivity index (χ0n) is 9.12. The number of aryl methyl sites for hydroxylation is 1. The van der Waals surface area contributed by atoms with E-state index in [9.17, 15) is 0 Å². The minimum atomic E-state index is 0.856. The number of hydrogen-bond donors (Lipinski definition) is 1. The van der Waals surface area contributed by atoms with E-state index in [1.165, 1.54) is 0 Å². The summed E-state index contributed by atoms with van der Waals surface area (Å²) >= 11 is 0. The molecular weight excluding hydrogens is 176 g/mol. The average molecular weight is 194 g/mol. The average Bonchev–Trinajstić information content (AvgIpc) is 2.18. The van der Waals surface area contributed by atoms with Crippen LogP contribution in [-0.2, 0) is 6.54 Å². The van der Waals surface area contributed by atoms with Crippen molar-refractivity contribution in [3.05, 3.63) is 23.8 Å². The van der Waals surface area contributed by atoms with Crippen LogP contribution in [0.15, 0.2) is 12.4 Å². The molecule has 0 spiro atoms. The lowest BCUT2D eigenvalue weighted by atomic mass is 10.4. The van der Waals surface area contributed by atoms with Crippen molar-refractivity contribution in [1.29, 1.82) is 0 Å². The number of hydrogen-bond acceptors (Lipinski definition) is 4. The van der Waals surface area contributed by atoms with Crippen LogP contribution < -0.4 is 5.32 Å². The van der Waals surface area contributed by atoms with Crippen molar-refractivity contribution in [3.8, 4) is 0 Å². The van der Waals surface area contributed by atoms with Crippen molar-refractivity contribution >= 4 is 0 Å². The Balaban J connectivity index is 2.39. The molecule has 0 aromatic carbocycles. The van der Waals surface area contributed by atoms with E-state index in [4.69, 9.17) is 0 Å². The van der Waals surface area contributed by atoms with Gasteiger partial charge in [-0.3, -0.25) is 14.9 Å². The minimum Gasteiger partial charge on any atom is -0.318 e. The predicted octanol–water partition coefficient (Wildman–Crippen LogP) is 0.436. The fraction of sp³-hybridized carbons (Fsp3) is 0.600. The predicted molar refractivity (Wildman–Crippen MR) is 57.0 cm³/mol. The van der Waals surface area contributed by atoms with Gasteiger partial charge >= 0.3 is 0 Å². The Labute approximate surface area is 85.4 Å². The van der Waals surface area contributed by atoms with Crippen LogP contribution in [-0.4, -0.2) is 42.1 Å². The summed E-state index contributed by atoms with van der Waals surface area (Å²) in [6, 6.07) is 0. The Kier molecular flexibility index (Phi) is 4.49. The number of nitrogens with zero attached hydrogens (tertiary/aromatic N) is 3. The molecule has 1 aromatic heterocycles. The minimum absolute atomic E-state index is 0.856. The van der Waals surface area contributed by atoms with E-state index in [2.05, 4.69) is 27.2 Å². The monoisotopic (exact) mass is 194 g/mol. The van der Waals surface area contributed by atoms with Gasteiger partial charge in [-0.05, 0) is 21.0 Å². The molecule has 0 saturated heterocycles. The van der Waals surface area contributed by atoms with Crippen LogP contribution in [0.3, 0.4) is 0 Å². The van der Waals surface area contributed by atoms with Gasteiger partial charge in [-0.15, -0.1) is 0 Å². The summed E-state index contributed by atoms with van der Waals surface area (Å²) in [5.41, 5.74) is 1.99. The molecule has 1 rings (SSSR count). The molecule has 0 saturated carbocycles. The smallest absolute Gasteiger partial charge is 0.0726 e. The SMILES string of the molecule is CNCCN(C)Cc1cnc(C)cn1. The standard InChI is InChI=1S/C10H18N4/c1-9-6-13-10(7-12-9)8-14(3)5-4-11-2/h6-7,11H,4-5,8H2,1-3H3. The third-order valence-corrected chi connectivity index (χ3v) is 2.01. The van der Waals surface area contributed by atoms with Crippen LogP contribution in [0, 0.1) is 6.92 Å². The number of aromatic nitrogens is 2. The van der Waals surface area contributed by atoms with Crippen molar-refractivity contribution in [1.82, 2.24) is 20.2 Å². The van der Waals surface area contributed by atoms with Crippen molar-refractivity contribution in [2.75, 3.05) is 27.2 Å². The first-order chi connectivity index (χ1) is 6.72. The highest BCUT2D eigenvalue weighted by Gasteiger charge is 2.00. The van der Waals surface area contributed by atoms with E-state index < -0.39 is 0 Å². The van der Waals surface area contributed by atoms with Crippen LogP contribution >= 0.6 is 0 Å². The fourth-order valence-corrected chi connectivity index (χ4v) is 1.16. The Hall–Kier alpha value is -1.00. The zero-order valence-corrected chi connectivity index (χ0v) is 9.12. The molecule has 1 N–H and O–H groups in total. The maximum absolute atomic E-state index is 4.30. The Bertz CT molecular complexity index is 257. The molecule has 14 heavy (non-hydrogen) atoms. The highest BCUT2D eigenvalue weighted by atomic mass is 15.1. The summed E-state index contributed by atoms with van der Waals surface area (Å²) in [5.74, 6) is 0. The first-order valence-electron chi connectivity index (χ1n) is 4.83. The van der Waals surface area contributed by atoms with Crippen LogP contribution in [0.5, 0.6) is 0 Å². The Morgan fingerprint density at radius 3 is 2.71 bits per heavy atom. The summed E-state index contributed by atoms with van der Waals surface area (Å²) in [4.78, 5) is 10.7. The second-order valence-electron chi connectivity index (χ2n) is 3.49. The van der Waals surface area contributed by atoms with E-state index in [1.807, 2.05) is 20.2 Å². The highest BCUT2D eigenvalue weighted by Crippen LogP contribution is 1.97. The lowest BCUT2D eigenvalue weighted by Gasteiger charge is -2.15. The molecule has 1 aromatic rings. The molecule has 4 nitrogen and oxygen atoms in total. The van der Waals surface area contributed by atoms with Gasteiger partial charge < -0.3 is 5.32 Å². The van der Waals surface area contributed by atoms with Gasteiger partial charge in [0.15, 0.2) is 0 Å². The van der Waals surface area contributed by atoms with Gasteiger partial charge in [0.25, 0.3) is 0 Å². The first kappa shape index (κ1) is 11.1. The summed E-state index contributed by atoms with van der Waals surface area (Å²) < 4.78 is 0. The van der Waals surface area contributed by atoms with Crippen molar-refractivity contribution < 1.29 is 0 Å². The normalized spacial score (nSPS) is 10.9. The molecule has 0 fully saturated rings. The van der Waals surface area contributed by atoms with Gasteiger partial charge in [-0.2, -0.15) is 0 Å². The number of likely N-dealkylation sites (N-methyl/N-ethyl adjacent to an activating group) is 2. The molecule has 4 heteroatoms. The van der Waals surface area contributed by atoms with Crippen LogP contribution in [0.4, 0.5) is 0 Å². The molecule has 1 heterocycles. The Morgan fingerprint density at radius 2 is 2.14 bits per heavy atom. The number of rotatable bonds is 5. The highest BCUT2D eigenvalue weighted by molar-refractivity contribution is 5.00. The van der Waals surface area contributed by atoms with Crippen molar-refractivity contribution in [3.63, 3.8) is 0 Å². The molecule has 0 amide bonds. The largest absolute Gasteiger partial charge is 0.318 e. The molecule has 0 aliphatic carbocycles. The molecule has 78 valence electrons. The van der Waals surface area contributed by atoms with E-state index >= 15 is 0 Å². The van der Waals surface area contributed by atoms with E-state index in [0.717, 1.165) is 31.0 Å². The first-order valence-corrected chi connectivity index (χ1v) is 4.83. The summed E-state index contributed by atoms with van der Waals surface area (Å²) in [7, 11) is 4.04. The summed E-state index contributed by atoms with van der Waals surface area (Å²) in [6.45, 7) is 4.82. The van der Waals surface area contributed by atoms with Crippen molar-refractivity contribution in [2.24, 2.45) is 0 Å². The third kappa shape index (κ3) is 3.81. The van der Waals surface area contributed by atoms with Gasteiger partial charge in [0.05, 0.1) is 11.4 Å². The molecule has 0 aliphatic rings. The van der Waals surface area contributed by atoms with Crippen LogP contribution in [0.2, 0.25) is 0 Å². The molecule has 0 aliphatic heterocycles. The molecule has 0 radical (unpaired) electrons. The zero-order chi connectivity index (χ0) is 10.4. The fourth-order valence-electron chi connectivity index (χ4n) is 1.16. The molecule has 0 unspecified atom stereocenters. The maximum Gasteiger partial charge on any atom is 0.0726 e. The van der Waals surface area contributed by atoms with Gasteiger partial charge in [-0.25, -0.2) is 0 Å². The van der Waals surface area contributed by atoms with Crippen LogP contribution in [0.1, 0.15) is 11.4 Å². The second kappa shape index (κ2) is 5.67. The summed E-state index contributed by atoms with van der Waals surface area (Å²) in [6.07, 6.45) is 3.65. The number of nitrogens with one attached hydrogen (secondary N) is 1. The third-order valence-electron chi connectivity index (χ3n) is 2.01. The van der Waals surface area contributed by atoms with Gasteiger partial charge in [0.2, 0.25) is 0 Å². The lowest BCUT2D eigenvalue weighted by molar-refractivity contribution is 0.323. The second-order valence-corrected chi connectivity index (χ2v) is 3.49. The summed E-state index contributed by atoms with van der Waals surface area (Å²) in [5, 5.41) is 3.12. The van der Waals surface area contributed by atoms with Crippen LogP contribution in [0.25, 0.3) is 0 Å². The quantitative estimate of drug-likeness (QED) is 0.738. The van der Waals surface area contributed by atoms with E-state index in [-0.39, 0.29) is 0 Å². The lowest BCUT2D eigenvalue weighted by Crippen LogP contribution is -2.27. The van der Waals surface area contributed by atoms with Gasteiger partial charge in [0.1, 0.15) is 0 Å². The van der Waals surface area contributed by atoms with Gasteiger partial charge in [0, 0.05) is 32.0 Å². The van der Waals surface area contributed by atoms with E-state index in [1.54, 1.807) is 6.20 Å².